The van der Waals surface area contributed by atoms with E-state index in [0.29, 0.717) is 21.7 Å². The SMILES string of the molecule is O=C(COc1ccc(Cl)cc1N1C(=O)c2ccccc2C1=O)c1ccccc1. The van der Waals surface area contributed by atoms with Crippen molar-refractivity contribution in [3.05, 3.63) is 94.5 Å². The monoisotopic (exact) mass is 391 g/mol. The van der Waals surface area contributed by atoms with Crippen molar-refractivity contribution >= 4 is 34.9 Å². The molecular weight excluding hydrogens is 378 g/mol. The number of Topliss-reactive ketones (excluding diaryl/α,β-unsaturated/α-hetero) is 1. The standard InChI is InChI=1S/C22H14ClNO4/c23-15-10-11-20(28-13-19(25)14-6-2-1-3-7-14)18(12-15)24-21(26)16-8-4-5-9-17(16)22(24)27/h1-12H,13H2. The van der Waals surface area contributed by atoms with E-state index in [9.17, 15) is 14.4 Å². The highest BCUT2D eigenvalue weighted by atomic mass is 35.5. The third-order valence-corrected chi connectivity index (χ3v) is 4.65. The minimum absolute atomic E-state index is 0.208. The average Bonchev–Trinajstić information content (AvgIpc) is 2.98. The van der Waals surface area contributed by atoms with Crippen LogP contribution < -0.4 is 9.64 Å². The fourth-order valence-corrected chi connectivity index (χ4v) is 3.21. The first-order valence-corrected chi connectivity index (χ1v) is 8.92. The summed E-state index contributed by atoms with van der Waals surface area (Å²) in [6.07, 6.45) is 0. The summed E-state index contributed by atoms with van der Waals surface area (Å²) in [5.74, 6) is -0.906. The summed E-state index contributed by atoms with van der Waals surface area (Å²) in [7, 11) is 0. The molecule has 3 aromatic carbocycles. The Labute approximate surface area is 166 Å². The van der Waals surface area contributed by atoms with Gasteiger partial charge >= 0.3 is 0 Å². The molecule has 0 spiro atoms. The van der Waals surface area contributed by atoms with Gasteiger partial charge in [-0.3, -0.25) is 14.4 Å². The summed E-state index contributed by atoms with van der Waals surface area (Å²) >= 11 is 6.09. The molecule has 0 fully saturated rings. The number of benzene rings is 3. The van der Waals surface area contributed by atoms with Crippen LogP contribution in [-0.2, 0) is 0 Å². The highest BCUT2D eigenvalue weighted by molar-refractivity contribution is 6.36. The Hall–Kier alpha value is -3.44. The van der Waals surface area contributed by atoms with Crippen molar-refractivity contribution in [2.75, 3.05) is 11.5 Å². The number of imide groups is 1. The Morgan fingerprint density at radius 3 is 2.11 bits per heavy atom. The van der Waals surface area contributed by atoms with Crippen LogP contribution in [0, 0.1) is 0 Å². The van der Waals surface area contributed by atoms with E-state index in [0.717, 1.165) is 4.90 Å². The molecule has 1 aliphatic heterocycles. The lowest BCUT2D eigenvalue weighted by Crippen LogP contribution is -2.30. The molecule has 28 heavy (non-hydrogen) atoms. The molecule has 1 aliphatic rings. The van der Waals surface area contributed by atoms with Gasteiger partial charge in [0.2, 0.25) is 0 Å². The summed E-state index contributed by atoms with van der Waals surface area (Å²) in [6, 6.07) is 19.9. The second kappa shape index (κ2) is 7.29. The first-order chi connectivity index (χ1) is 13.6. The van der Waals surface area contributed by atoms with Gasteiger partial charge in [0.1, 0.15) is 5.75 Å². The van der Waals surface area contributed by atoms with Gasteiger partial charge in [0.05, 0.1) is 16.8 Å². The van der Waals surface area contributed by atoms with Crippen LogP contribution in [0.2, 0.25) is 5.02 Å². The van der Waals surface area contributed by atoms with Crippen LogP contribution in [0.5, 0.6) is 5.75 Å². The molecule has 2 amide bonds. The van der Waals surface area contributed by atoms with Crippen LogP contribution in [0.15, 0.2) is 72.8 Å². The Kier molecular flexibility index (Phi) is 4.67. The molecule has 0 saturated carbocycles. The number of nitrogens with zero attached hydrogens (tertiary/aromatic N) is 1. The molecule has 5 nitrogen and oxygen atoms in total. The topological polar surface area (TPSA) is 63.7 Å². The largest absolute Gasteiger partial charge is 0.483 e. The van der Waals surface area contributed by atoms with E-state index < -0.39 is 11.8 Å². The molecule has 1 heterocycles. The maximum atomic E-state index is 12.8. The third kappa shape index (κ3) is 3.17. The fraction of sp³-hybridized carbons (Fsp3) is 0.0455. The summed E-state index contributed by atoms with van der Waals surface area (Å²) in [5.41, 5.74) is 1.36. The second-order valence-corrected chi connectivity index (χ2v) is 6.62. The van der Waals surface area contributed by atoms with Crippen LogP contribution in [-0.4, -0.2) is 24.2 Å². The average molecular weight is 392 g/mol. The number of ketones is 1. The van der Waals surface area contributed by atoms with E-state index in [2.05, 4.69) is 0 Å². The zero-order valence-corrected chi connectivity index (χ0v) is 15.3. The van der Waals surface area contributed by atoms with Crippen LogP contribution in [0.1, 0.15) is 31.1 Å². The van der Waals surface area contributed by atoms with Gasteiger partial charge in [-0.05, 0) is 30.3 Å². The number of carbonyl (C=O) groups is 3. The molecule has 6 heteroatoms. The molecule has 0 aromatic heterocycles. The molecule has 0 radical (unpaired) electrons. The van der Waals surface area contributed by atoms with Gasteiger partial charge in [-0.15, -0.1) is 0 Å². The molecule has 4 rings (SSSR count). The van der Waals surface area contributed by atoms with Gasteiger partial charge < -0.3 is 4.74 Å². The maximum absolute atomic E-state index is 12.8. The molecule has 0 saturated heterocycles. The Balaban J connectivity index is 1.64. The minimum atomic E-state index is -0.456. The smallest absolute Gasteiger partial charge is 0.266 e. The van der Waals surface area contributed by atoms with Gasteiger partial charge in [0.25, 0.3) is 11.8 Å². The van der Waals surface area contributed by atoms with Crippen molar-refractivity contribution in [2.45, 2.75) is 0 Å². The highest BCUT2D eigenvalue weighted by Gasteiger charge is 2.38. The van der Waals surface area contributed by atoms with E-state index >= 15 is 0 Å². The maximum Gasteiger partial charge on any atom is 0.266 e. The van der Waals surface area contributed by atoms with E-state index in [1.165, 1.54) is 6.07 Å². The number of rotatable bonds is 5. The third-order valence-electron chi connectivity index (χ3n) is 4.41. The molecule has 0 bridgehead atoms. The lowest BCUT2D eigenvalue weighted by atomic mass is 10.1. The predicted molar refractivity (Wildman–Crippen MR) is 105 cm³/mol. The quantitative estimate of drug-likeness (QED) is 0.477. The van der Waals surface area contributed by atoms with Gasteiger partial charge in [0, 0.05) is 10.6 Å². The number of halogens is 1. The van der Waals surface area contributed by atoms with Gasteiger partial charge in [-0.2, -0.15) is 0 Å². The molecule has 3 aromatic rings. The molecule has 0 aliphatic carbocycles. The highest BCUT2D eigenvalue weighted by Crippen LogP contribution is 2.36. The normalized spacial score (nSPS) is 12.8. The Morgan fingerprint density at radius 2 is 1.46 bits per heavy atom. The van der Waals surface area contributed by atoms with Crippen LogP contribution in [0.3, 0.4) is 0 Å². The molecule has 0 N–H and O–H groups in total. The molecule has 0 unspecified atom stereocenters. The van der Waals surface area contributed by atoms with Crippen molar-refractivity contribution in [2.24, 2.45) is 0 Å². The summed E-state index contributed by atoms with van der Waals surface area (Å²) < 4.78 is 5.66. The van der Waals surface area contributed by atoms with Crippen molar-refractivity contribution in [1.82, 2.24) is 0 Å². The van der Waals surface area contributed by atoms with E-state index in [-0.39, 0.29) is 23.8 Å². The van der Waals surface area contributed by atoms with Gasteiger partial charge in [0.15, 0.2) is 12.4 Å². The summed E-state index contributed by atoms with van der Waals surface area (Å²) in [5, 5.41) is 0.341. The minimum Gasteiger partial charge on any atom is -0.483 e. The first-order valence-electron chi connectivity index (χ1n) is 8.54. The van der Waals surface area contributed by atoms with Crippen LogP contribution >= 0.6 is 11.6 Å². The Bertz CT molecular complexity index is 1060. The van der Waals surface area contributed by atoms with Crippen molar-refractivity contribution in [3.8, 4) is 5.75 Å². The number of ether oxygens (including phenoxy) is 1. The number of hydrogen-bond acceptors (Lipinski definition) is 4. The lowest BCUT2D eigenvalue weighted by Gasteiger charge is -2.18. The Morgan fingerprint density at radius 1 is 0.857 bits per heavy atom. The summed E-state index contributed by atoms with van der Waals surface area (Å²) in [4.78, 5) is 38.9. The van der Waals surface area contributed by atoms with Crippen molar-refractivity contribution < 1.29 is 19.1 Å². The second-order valence-electron chi connectivity index (χ2n) is 6.18. The van der Waals surface area contributed by atoms with Crippen LogP contribution in [0.4, 0.5) is 5.69 Å². The van der Waals surface area contributed by atoms with E-state index in [4.69, 9.17) is 16.3 Å². The van der Waals surface area contributed by atoms with Crippen LogP contribution in [0.25, 0.3) is 0 Å². The van der Waals surface area contributed by atoms with E-state index in [1.807, 2.05) is 6.07 Å². The molecule has 0 atom stereocenters. The lowest BCUT2D eigenvalue weighted by molar-refractivity contribution is 0.0922. The van der Waals surface area contributed by atoms with Crippen molar-refractivity contribution in [1.29, 1.82) is 0 Å². The zero-order chi connectivity index (χ0) is 19.7. The number of carbonyl (C=O) groups excluding carboxylic acids is 3. The molecular formula is C22H14ClNO4. The predicted octanol–water partition coefficient (Wildman–Crippen LogP) is 4.40. The number of hydrogen-bond donors (Lipinski definition) is 0. The fourth-order valence-electron chi connectivity index (χ4n) is 3.05. The number of fused-ring (bicyclic) bond motifs is 1. The molecule has 138 valence electrons. The van der Waals surface area contributed by atoms with Crippen molar-refractivity contribution in [3.63, 3.8) is 0 Å². The number of amides is 2. The zero-order valence-electron chi connectivity index (χ0n) is 14.6. The first kappa shape index (κ1) is 17.9. The summed E-state index contributed by atoms with van der Waals surface area (Å²) in [6.45, 7) is -0.234. The van der Waals surface area contributed by atoms with Gasteiger partial charge in [-0.25, -0.2) is 4.90 Å². The number of anilines is 1. The van der Waals surface area contributed by atoms with E-state index in [1.54, 1.807) is 60.7 Å². The van der Waals surface area contributed by atoms with Gasteiger partial charge in [-0.1, -0.05) is 54.1 Å².